The summed E-state index contributed by atoms with van der Waals surface area (Å²) in [7, 11) is -3.41. The molecule has 0 atom stereocenters. The molecule has 0 fully saturated rings. The van der Waals surface area contributed by atoms with Crippen molar-refractivity contribution in [2.45, 2.75) is 32.2 Å². The first-order valence-electron chi connectivity index (χ1n) is 6.69. The molecule has 114 valence electrons. The smallest absolute Gasteiger partial charge is 0.240 e. The highest BCUT2D eigenvalue weighted by Crippen LogP contribution is 2.15. The van der Waals surface area contributed by atoms with Crippen LogP contribution in [0.3, 0.4) is 0 Å². The molecule has 1 aromatic heterocycles. The van der Waals surface area contributed by atoms with Crippen molar-refractivity contribution < 1.29 is 12.8 Å². The summed E-state index contributed by atoms with van der Waals surface area (Å²) in [5, 5.41) is 3.14. The van der Waals surface area contributed by atoms with Gasteiger partial charge in [0.05, 0.1) is 17.1 Å². The minimum absolute atomic E-state index is 0.248. The Morgan fingerprint density at radius 3 is 2.38 bits per heavy atom. The number of aryl methyl sites for hydroxylation is 2. The summed E-state index contributed by atoms with van der Waals surface area (Å²) in [4.78, 5) is 4.52. The fourth-order valence-corrected chi connectivity index (χ4v) is 2.86. The zero-order chi connectivity index (χ0) is 15.5. The normalized spacial score (nSPS) is 11.6. The third-order valence-electron chi connectivity index (χ3n) is 3.02. The minimum atomic E-state index is -3.41. The van der Waals surface area contributed by atoms with Gasteiger partial charge in [-0.25, -0.2) is 18.1 Å². The molecule has 2 aromatic rings. The number of nitrogens with one attached hydrogen (secondary N) is 2. The van der Waals surface area contributed by atoms with Crippen LogP contribution in [-0.4, -0.2) is 19.9 Å². The van der Waals surface area contributed by atoms with E-state index in [0.29, 0.717) is 19.0 Å². The molecule has 0 bridgehead atoms. The van der Waals surface area contributed by atoms with Gasteiger partial charge in [0.15, 0.2) is 0 Å². The van der Waals surface area contributed by atoms with Crippen molar-refractivity contribution in [2.24, 2.45) is 0 Å². The van der Waals surface area contributed by atoms with Crippen LogP contribution in [0.15, 0.2) is 33.6 Å². The number of sulfonamides is 1. The van der Waals surface area contributed by atoms with E-state index in [1.165, 1.54) is 0 Å². The van der Waals surface area contributed by atoms with Crippen molar-refractivity contribution in [3.05, 3.63) is 41.6 Å². The van der Waals surface area contributed by atoms with Gasteiger partial charge in [0.25, 0.3) is 0 Å². The first-order chi connectivity index (χ1) is 9.92. The third kappa shape index (κ3) is 3.83. The van der Waals surface area contributed by atoms with Gasteiger partial charge in [-0.3, -0.25) is 0 Å². The van der Waals surface area contributed by atoms with Crippen LogP contribution >= 0.6 is 0 Å². The molecule has 0 saturated heterocycles. The maximum atomic E-state index is 11.8. The van der Waals surface area contributed by atoms with Gasteiger partial charge in [-0.1, -0.05) is 6.92 Å². The lowest BCUT2D eigenvalue weighted by atomic mass is 10.3. The van der Waals surface area contributed by atoms with Crippen molar-refractivity contribution in [2.75, 3.05) is 11.9 Å². The predicted molar refractivity (Wildman–Crippen MR) is 80.6 cm³/mol. The number of anilines is 1. The average molecular weight is 309 g/mol. The molecule has 0 amide bonds. The van der Waals surface area contributed by atoms with Crippen molar-refractivity contribution in [3.8, 4) is 0 Å². The van der Waals surface area contributed by atoms with Gasteiger partial charge in [0.1, 0.15) is 5.76 Å². The number of nitrogens with zero attached hydrogens (tertiary/aromatic N) is 1. The van der Waals surface area contributed by atoms with E-state index < -0.39 is 10.0 Å². The molecule has 0 saturated carbocycles. The molecule has 21 heavy (non-hydrogen) atoms. The summed E-state index contributed by atoms with van der Waals surface area (Å²) in [5.74, 6) is 1.41. The maximum absolute atomic E-state index is 11.8. The lowest BCUT2D eigenvalue weighted by molar-refractivity contribution is 0.478. The summed E-state index contributed by atoms with van der Waals surface area (Å²) >= 11 is 0. The highest BCUT2D eigenvalue weighted by atomic mass is 32.2. The van der Waals surface area contributed by atoms with E-state index in [-0.39, 0.29) is 4.90 Å². The van der Waals surface area contributed by atoms with E-state index in [1.54, 1.807) is 31.2 Å². The average Bonchev–Trinajstić information content (AvgIpc) is 2.76. The van der Waals surface area contributed by atoms with Gasteiger partial charge in [-0.05, 0) is 38.1 Å². The molecule has 0 unspecified atom stereocenters. The van der Waals surface area contributed by atoms with Crippen LogP contribution in [-0.2, 0) is 16.6 Å². The molecular weight excluding hydrogens is 290 g/mol. The Morgan fingerprint density at radius 2 is 1.86 bits per heavy atom. The lowest BCUT2D eigenvalue weighted by Crippen LogP contribution is -2.23. The van der Waals surface area contributed by atoms with E-state index in [0.717, 1.165) is 17.1 Å². The minimum Gasteiger partial charge on any atom is -0.444 e. The fraction of sp³-hybridized carbons (Fsp3) is 0.357. The Balaban J connectivity index is 2.03. The zero-order valence-electron chi connectivity index (χ0n) is 12.3. The van der Waals surface area contributed by atoms with Gasteiger partial charge in [0, 0.05) is 12.2 Å². The monoisotopic (exact) mass is 309 g/mol. The summed E-state index contributed by atoms with van der Waals surface area (Å²) in [6.45, 7) is 6.32. The lowest BCUT2D eigenvalue weighted by Gasteiger charge is -2.07. The van der Waals surface area contributed by atoms with Crippen molar-refractivity contribution in [3.63, 3.8) is 0 Å². The molecule has 2 rings (SSSR count). The SMILES string of the molecule is CCNS(=O)(=O)c1ccc(NCc2nc(C)c(C)o2)cc1. The largest absolute Gasteiger partial charge is 0.444 e. The Kier molecular flexibility index (Phi) is 4.64. The van der Waals surface area contributed by atoms with Crippen LogP contribution in [0.4, 0.5) is 5.69 Å². The van der Waals surface area contributed by atoms with Crippen molar-refractivity contribution >= 4 is 15.7 Å². The molecule has 0 radical (unpaired) electrons. The van der Waals surface area contributed by atoms with E-state index in [1.807, 2.05) is 13.8 Å². The van der Waals surface area contributed by atoms with Crippen LogP contribution in [0.1, 0.15) is 24.3 Å². The van der Waals surface area contributed by atoms with Crippen LogP contribution in [0.5, 0.6) is 0 Å². The van der Waals surface area contributed by atoms with Crippen LogP contribution in [0, 0.1) is 13.8 Å². The number of aromatic nitrogens is 1. The van der Waals surface area contributed by atoms with Gasteiger partial charge < -0.3 is 9.73 Å². The number of oxazole rings is 1. The van der Waals surface area contributed by atoms with Crippen molar-refractivity contribution in [1.29, 1.82) is 0 Å². The molecule has 7 heteroatoms. The molecule has 0 aliphatic rings. The zero-order valence-corrected chi connectivity index (χ0v) is 13.1. The number of hydrogen-bond donors (Lipinski definition) is 2. The third-order valence-corrected chi connectivity index (χ3v) is 4.58. The second-order valence-corrected chi connectivity index (χ2v) is 6.40. The van der Waals surface area contributed by atoms with Gasteiger partial charge >= 0.3 is 0 Å². The Labute approximate surface area is 124 Å². The van der Waals surface area contributed by atoms with Crippen LogP contribution in [0.2, 0.25) is 0 Å². The molecule has 1 aromatic carbocycles. The highest BCUT2D eigenvalue weighted by Gasteiger charge is 2.12. The van der Waals surface area contributed by atoms with Gasteiger partial charge in [-0.15, -0.1) is 0 Å². The Morgan fingerprint density at radius 1 is 1.19 bits per heavy atom. The fourth-order valence-electron chi connectivity index (χ4n) is 1.82. The number of benzene rings is 1. The molecule has 0 spiro atoms. The van der Waals surface area contributed by atoms with Crippen LogP contribution in [0.25, 0.3) is 0 Å². The summed E-state index contributed by atoms with van der Waals surface area (Å²) < 4.78 is 31.5. The van der Waals surface area contributed by atoms with E-state index in [2.05, 4.69) is 15.0 Å². The number of rotatable bonds is 6. The van der Waals surface area contributed by atoms with E-state index in [4.69, 9.17) is 4.42 Å². The first-order valence-corrected chi connectivity index (χ1v) is 8.17. The van der Waals surface area contributed by atoms with E-state index >= 15 is 0 Å². The second-order valence-electron chi connectivity index (χ2n) is 4.63. The summed E-state index contributed by atoms with van der Waals surface area (Å²) in [6.07, 6.45) is 0. The Hall–Kier alpha value is -1.86. The molecule has 0 aliphatic carbocycles. The standard InChI is InChI=1S/C14H19N3O3S/c1-4-16-21(18,19)13-7-5-12(6-8-13)15-9-14-17-10(2)11(3)20-14/h5-8,15-16H,4,9H2,1-3H3. The topological polar surface area (TPSA) is 84.2 Å². The maximum Gasteiger partial charge on any atom is 0.240 e. The molecule has 0 aliphatic heterocycles. The summed E-state index contributed by atoms with van der Waals surface area (Å²) in [6, 6.07) is 6.55. The molecule has 2 N–H and O–H groups in total. The quantitative estimate of drug-likeness (QED) is 0.854. The first kappa shape index (κ1) is 15.5. The predicted octanol–water partition coefficient (Wildman–Crippen LogP) is 2.20. The second kappa shape index (κ2) is 6.28. The van der Waals surface area contributed by atoms with Gasteiger partial charge in [-0.2, -0.15) is 0 Å². The Bertz CT molecular complexity index is 686. The van der Waals surface area contributed by atoms with Gasteiger partial charge in [0.2, 0.25) is 15.9 Å². The van der Waals surface area contributed by atoms with Crippen molar-refractivity contribution in [1.82, 2.24) is 9.71 Å². The molecular formula is C14H19N3O3S. The summed E-state index contributed by atoms with van der Waals surface area (Å²) in [5.41, 5.74) is 1.68. The highest BCUT2D eigenvalue weighted by molar-refractivity contribution is 7.89. The van der Waals surface area contributed by atoms with Crippen LogP contribution < -0.4 is 10.0 Å². The number of hydrogen-bond acceptors (Lipinski definition) is 5. The molecule has 6 nitrogen and oxygen atoms in total. The van der Waals surface area contributed by atoms with E-state index in [9.17, 15) is 8.42 Å². The molecule has 1 heterocycles.